The molecular weight excluding hydrogens is 162 g/mol. The van der Waals surface area contributed by atoms with Crippen LogP contribution in [0.5, 0.6) is 0 Å². The maximum atomic E-state index is 10.5. The lowest BCUT2D eigenvalue weighted by molar-refractivity contribution is 0.824. The third kappa shape index (κ3) is 1.82. The maximum Gasteiger partial charge on any atom is 0.261 e. The van der Waals surface area contributed by atoms with Crippen LogP contribution in [0.15, 0.2) is 10.9 Å². The van der Waals surface area contributed by atoms with Gasteiger partial charge in [0.1, 0.15) is 4.34 Å². The van der Waals surface area contributed by atoms with Crippen molar-refractivity contribution in [3.05, 3.63) is 20.8 Å². The molecule has 9 heavy (non-hydrogen) atoms. The number of hydrogen-bond acceptors (Lipinski definition) is 2. The fraction of sp³-hybridized carbons (Fsp3) is 0.250. The average Bonchev–Trinajstić information content (AvgIpc) is 1.85. The lowest BCUT2D eigenvalue weighted by Gasteiger charge is -1.77. The average molecular weight is 168 g/mol. The lowest BCUT2D eigenvalue weighted by Crippen LogP contribution is -2.05. The zero-order valence-corrected chi connectivity index (χ0v) is 6.29. The summed E-state index contributed by atoms with van der Waals surface area (Å²) in [6, 6.07) is 1.40. The minimum absolute atomic E-state index is 0. The third-order valence-electron chi connectivity index (χ3n) is 0.771. The van der Waals surface area contributed by atoms with E-state index in [4.69, 9.17) is 11.6 Å². The highest BCUT2D eigenvalue weighted by Crippen LogP contribution is 2.09. The fourth-order valence-electron chi connectivity index (χ4n) is 0.390. The van der Waals surface area contributed by atoms with Crippen LogP contribution in [0, 0.1) is 0 Å². The van der Waals surface area contributed by atoms with E-state index in [9.17, 15) is 4.79 Å². The van der Waals surface area contributed by atoms with Gasteiger partial charge in [-0.2, -0.15) is 0 Å². The summed E-state index contributed by atoms with van der Waals surface area (Å²) in [4.78, 5) is 10.5. The summed E-state index contributed by atoms with van der Waals surface area (Å²) in [7, 11) is 1.68. The predicted molar refractivity (Wildman–Crippen MR) is 38.2 cm³/mol. The van der Waals surface area contributed by atoms with Crippen molar-refractivity contribution in [1.29, 1.82) is 0 Å². The van der Waals surface area contributed by atoms with Gasteiger partial charge in [0, 0.05) is 13.1 Å². The van der Waals surface area contributed by atoms with Gasteiger partial charge in [0.05, 0.1) is 0 Å². The SMILES string of the molecule is Cn1sc(Cl)cc1=O.O. The summed E-state index contributed by atoms with van der Waals surface area (Å²) in [6.45, 7) is 0. The molecule has 0 amide bonds. The van der Waals surface area contributed by atoms with Gasteiger partial charge in [0.25, 0.3) is 5.56 Å². The number of hydrogen-bond donors (Lipinski definition) is 0. The Kier molecular flexibility index (Phi) is 2.90. The van der Waals surface area contributed by atoms with E-state index in [2.05, 4.69) is 0 Å². The van der Waals surface area contributed by atoms with Gasteiger partial charge in [-0.15, -0.1) is 0 Å². The Morgan fingerprint density at radius 1 is 1.78 bits per heavy atom. The molecule has 0 aromatic carbocycles. The Morgan fingerprint density at radius 3 is 2.44 bits per heavy atom. The lowest BCUT2D eigenvalue weighted by atomic mass is 10.7. The molecule has 0 spiro atoms. The number of rotatable bonds is 0. The van der Waals surface area contributed by atoms with Crippen LogP contribution in [-0.4, -0.2) is 9.43 Å². The second-order valence-electron chi connectivity index (χ2n) is 1.38. The first-order chi connectivity index (χ1) is 3.70. The first kappa shape index (κ1) is 8.68. The molecule has 0 aliphatic heterocycles. The molecule has 0 saturated heterocycles. The molecule has 0 atom stereocenters. The number of aromatic nitrogens is 1. The minimum Gasteiger partial charge on any atom is -0.412 e. The number of nitrogens with zero attached hydrogens (tertiary/aromatic N) is 1. The summed E-state index contributed by atoms with van der Waals surface area (Å²) in [5.74, 6) is 0. The Hall–Kier alpha value is -0.320. The third-order valence-corrected chi connectivity index (χ3v) is 1.83. The van der Waals surface area contributed by atoms with Gasteiger partial charge in [-0.3, -0.25) is 8.75 Å². The molecule has 0 aliphatic rings. The number of halogens is 1. The van der Waals surface area contributed by atoms with Crippen LogP contribution in [0.25, 0.3) is 0 Å². The molecule has 0 unspecified atom stereocenters. The molecule has 2 N–H and O–H groups in total. The second kappa shape index (κ2) is 3.00. The van der Waals surface area contributed by atoms with Crippen LogP contribution in [0.3, 0.4) is 0 Å². The Balaban J connectivity index is 0.000000640. The molecule has 5 heteroatoms. The number of aryl methyl sites for hydroxylation is 1. The largest absolute Gasteiger partial charge is 0.412 e. The zero-order valence-electron chi connectivity index (χ0n) is 4.72. The highest BCUT2D eigenvalue weighted by atomic mass is 35.5. The van der Waals surface area contributed by atoms with Gasteiger partial charge in [-0.1, -0.05) is 11.6 Å². The van der Waals surface area contributed by atoms with E-state index in [1.165, 1.54) is 21.6 Å². The van der Waals surface area contributed by atoms with Crippen molar-refractivity contribution in [2.45, 2.75) is 0 Å². The fourth-order valence-corrected chi connectivity index (χ4v) is 1.35. The van der Waals surface area contributed by atoms with Crippen LogP contribution < -0.4 is 5.56 Å². The minimum atomic E-state index is -0.0417. The van der Waals surface area contributed by atoms with E-state index in [1.807, 2.05) is 0 Å². The zero-order chi connectivity index (χ0) is 6.15. The van der Waals surface area contributed by atoms with Crippen LogP contribution in [-0.2, 0) is 7.05 Å². The monoisotopic (exact) mass is 167 g/mol. The quantitative estimate of drug-likeness (QED) is 0.548. The van der Waals surface area contributed by atoms with E-state index in [0.717, 1.165) is 0 Å². The van der Waals surface area contributed by atoms with Crippen LogP contribution in [0.4, 0.5) is 0 Å². The van der Waals surface area contributed by atoms with E-state index >= 15 is 0 Å². The van der Waals surface area contributed by atoms with E-state index < -0.39 is 0 Å². The van der Waals surface area contributed by atoms with E-state index in [-0.39, 0.29) is 11.0 Å². The molecule has 1 aromatic heterocycles. The summed E-state index contributed by atoms with van der Waals surface area (Å²) in [6.07, 6.45) is 0. The second-order valence-corrected chi connectivity index (χ2v) is 3.18. The molecule has 1 aromatic rings. The first-order valence-electron chi connectivity index (χ1n) is 2.03. The summed E-state index contributed by atoms with van der Waals surface area (Å²) >= 11 is 6.70. The van der Waals surface area contributed by atoms with E-state index in [0.29, 0.717) is 4.34 Å². The molecule has 0 saturated carbocycles. The Bertz CT molecular complexity index is 241. The smallest absolute Gasteiger partial charge is 0.261 e. The summed E-state index contributed by atoms with van der Waals surface area (Å²) in [5.41, 5.74) is -0.0417. The van der Waals surface area contributed by atoms with Gasteiger partial charge in [-0.25, -0.2) is 0 Å². The molecule has 0 bridgehead atoms. The highest BCUT2D eigenvalue weighted by Gasteiger charge is 1.93. The van der Waals surface area contributed by atoms with Crippen molar-refractivity contribution in [3.63, 3.8) is 0 Å². The molecule has 52 valence electrons. The highest BCUT2D eigenvalue weighted by molar-refractivity contribution is 7.11. The van der Waals surface area contributed by atoms with Crippen LogP contribution in [0.1, 0.15) is 0 Å². The van der Waals surface area contributed by atoms with Gasteiger partial charge < -0.3 is 5.48 Å². The van der Waals surface area contributed by atoms with Crippen molar-refractivity contribution >= 4 is 23.1 Å². The van der Waals surface area contributed by atoms with Crippen molar-refractivity contribution in [3.8, 4) is 0 Å². The summed E-state index contributed by atoms with van der Waals surface area (Å²) in [5, 5.41) is 0. The molecule has 1 rings (SSSR count). The van der Waals surface area contributed by atoms with Crippen molar-refractivity contribution < 1.29 is 5.48 Å². The molecule has 0 aliphatic carbocycles. The molecular formula is C4H6ClNO2S. The van der Waals surface area contributed by atoms with Crippen LogP contribution >= 0.6 is 23.1 Å². The molecule has 1 heterocycles. The molecule has 0 radical (unpaired) electrons. The van der Waals surface area contributed by atoms with Gasteiger partial charge >= 0.3 is 0 Å². The van der Waals surface area contributed by atoms with Crippen molar-refractivity contribution in [2.75, 3.05) is 0 Å². The first-order valence-corrected chi connectivity index (χ1v) is 3.18. The molecule has 3 nitrogen and oxygen atoms in total. The van der Waals surface area contributed by atoms with Gasteiger partial charge in [0.2, 0.25) is 0 Å². The van der Waals surface area contributed by atoms with Crippen molar-refractivity contribution in [2.24, 2.45) is 7.05 Å². The summed E-state index contributed by atoms with van der Waals surface area (Å²) < 4.78 is 2.01. The predicted octanol–water partition coefficient (Wildman–Crippen LogP) is 0.275. The normalized spacial score (nSPS) is 8.67. The van der Waals surface area contributed by atoms with Gasteiger partial charge in [0.15, 0.2) is 0 Å². The topological polar surface area (TPSA) is 53.5 Å². The maximum absolute atomic E-state index is 10.5. The van der Waals surface area contributed by atoms with Crippen molar-refractivity contribution in [1.82, 2.24) is 3.96 Å². The van der Waals surface area contributed by atoms with Gasteiger partial charge in [-0.05, 0) is 11.5 Å². The molecule has 0 fully saturated rings. The van der Waals surface area contributed by atoms with Crippen LogP contribution in [0.2, 0.25) is 4.34 Å². The standard InChI is InChI=1S/C4H4ClNOS.H2O/c1-6-4(7)2-3(5)8-6;/h2H,1H3;1H2. The Morgan fingerprint density at radius 2 is 2.33 bits per heavy atom. The van der Waals surface area contributed by atoms with E-state index in [1.54, 1.807) is 7.05 Å². The Labute approximate surface area is 61.0 Å².